The van der Waals surface area contributed by atoms with E-state index in [4.69, 9.17) is 14.2 Å². The van der Waals surface area contributed by atoms with Gasteiger partial charge in [0.2, 0.25) is 0 Å². The van der Waals surface area contributed by atoms with Gasteiger partial charge in [0.25, 0.3) is 0 Å². The Labute approximate surface area is 176 Å². The predicted molar refractivity (Wildman–Crippen MR) is 104 cm³/mol. The van der Waals surface area contributed by atoms with E-state index in [1.165, 1.54) is 0 Å². The topological polar surface area (TPSA) is 153 Å². The molecule has 2 aliphatic heterocycles. The maximum atomic E-state index is 10.4. The Hall–Kier alpha value is -0.360. The van der Waals surface area contributed by atoms with Crippen LogP contribution in [0.2, 0.25) is 0 Å². The Bertz CT molecular complexity index is 553. The van der Waals surface area contributed by atoms with Crippen molar-refractivity contribution in [2.24, 2.45) is 11.8 Å². The third kappa shape index (κ3) is 4.69. The first-order valence-electron chi connectivity index (χ1n) is 11.4. The third-order valence-corrected chi connectivity index (χ3v) is 7.59. The Kier molecular flexibility index (Phi) is 7.33. The lowest BCUT2D eigenvalue weighted by Gasteiger charge is -2.47. The molecule has 10 unspecified atom stereocenters. The van der Waals surface area contributed by atoms with Crippen molar-refractivity contribution in [2.45, 2.75) is 113 Å². The highest BCUT2D eigenvalue weighted by atomic mass is 16.7. The molecule has 174 valence electrons. The molecule has 0 spiro atoms. The van der Waals surface area contributed by atoms with Gasteiger partial charge in [0.15, 0.2) is 18.5 Å². The second kappa shape index (κ2) is 9.64. The summed E-state index contributed by atoms with van der Waals surface area (Å²) in [7, 11) is 0. The summed E-state index contributed by atoms with van der Waals surface area (Å²) >= 11 is 0. The van der Waals surface area contributed by atoms with Crippen molar-refractivity contribution in [3.63, 3.8) is 0 Å². The molecule has 30 heavy (non-hydrogen) atoms. The molecular weight excluding hydrogens is 396 g/mol. The van der Waals surface area contributed by atoms with Crippen LogP contribution in [0.5, 0.6) is 0 Å². The van der Waals surface area contributed by atoms with Crippen LogP contribution in [-0.2, 0) is 9.47 Å². The minimum atomic E-state index is -1.47. The molecule has 2 aliphatic carbocycles. The number of aliphatic hydroxyl groups is 8. The monoisotopic (exact) mass is 433 g/mol. The summed E-state index contributed by atoms with van der Waals surface area (Å²) in [5.74, 6) is 0.525. The van der Waals surface area contributed by atoms with Crippen LogP contribution in [0, 0.1) is 11.8 Å². The molecule has 4 rings (SSSR count). The van der Waals surface area contributed by atoms with Gasteiger partial charge in [-0.15, -0.1) is 0 Å². The normalized spacial score (nSPS) is 52.6. The third-order valence-electron chi connectivity index (χ3n) is 7.59. The Morgan fingerprint density at radius 2 is 1.43 bits per heavy atom. The second-order valence-corrected chi connectivity index (χ2v) is 9.61. The fourth-order valence-corrected chi connectivity index (χ4v) is 5.76. The van der Waals surface area contributed by atoms with E-state index in [0.29, 0.717) is 6.42 Å². The highest BCUT2D eigenvalue weighted by Crippen LogP contribution is 2.41. The van der Waals surface area contributed by atoms with E-state index in [9.17, 15) is 30.6 Å². The minimum Gasteiger partial charge on any atom is -0.427 e. The van der Waals surface area contributed by atoms with E-state index in [-0.39, 0.29) is 42.4 Å². The Morgan fingerprint density at radius 1 is 0.767 bits per heavy atom. The molecule has 2 saturated carbocycles. The van der Waals surface area contributed by atoms with Gasteiger partial charge < -0.3 is 44.8 Å². The van der Waals surface area contributed by atoms with Gasteiger partial charge in [-0.05, 0) is 44.9 Å². The van der Waals surface area contributed by atoms with Crippen LogP contribution in [0.1, 0.15) is 51.4 Å². The van der Waals surface area contributed by atoms with E-state index in [1.54, 1.807) is 0 Å². The Balaban J connectivity index is 1.49. The first-order chi connectivity index (χ1) is 14.4. The summed E-state index contributed by atoms with van der Waals surface area (Å²) in [4.78, 5) is 0. The maximum absolute atomic E-state index is 10.4. The molecule has 0 bridgehead atoms. The zero-order chi connectivity index (χ0) is 21.4. The molecule has 0 radical (unpaired) electrons. The maximum Gasteiger partial charge on any atom is 0.187 e. The predicted octanol–water partition coefficient (Wildman–Crippen LogP) is -1.45. The molecule has 2 heterocycles. The lowest BCUT2D eigenvalue weighted by Crippen LogP contribution is -2.62. The lowest BCUT2D eigenvalue weighted by molar-refractivity contribution is -0.351. The van der Waals surface area contributed by atoms with Crippen molar-refractivity contribution < 1.29 is 44.8 Å². The number of fused-ring (bicyclic) bond motifs is 1. The molecule has 0 aromatic carbocycles. The van der Waals surface area contributed by atoms with E-state index >= 15 is 0 Å². The SMILES string of the molecule is OCC1OC(OC2CC3CCC(O)CC3[OH+]C2C2CCC(O)CC2)C(O)C(O)C1O. The van der Waals surface area contributed by atoms with Gasteiger partial charge in [0.1, 0.15) is 30.5 Å². The molecule has 4 aliphatic rings. The van der Waals surface area contributed by atoms with Crippen LogP contribution >= 0.6 is 0 Å². The summed E-state index contributed by atoms with van der Waals surface area (Å²) in [5.41, 5.74) is 0. The molecule has 10 atom stereocenters. The van der Waals surface area contributed by atoms with Gasteiger partial charge in [-0.2, -0.15) is 0 Å². The lowest BCUT2D eigenvalue weighted by atomic mass is 9.74. The van der Waals surface area contributed by atoms with Crippen LogP contribution in [-0.4, -0.2) is 103 Å². The van der Waals surface area contributed by atoms with Crippen molar-refractivity contribution in [3.05, 3.63) is 0 Å². The number of rotatable bonds is 4. The van der Waals surface area contributed by atoms with Crippen molar-refractivity contribution in [3.8, 4) is 0 Å². The van der Waals surface area contributed by atoms with Gasteiger partial charge in [-0.1, -0.05) is 0 Å². The summed E-state index contributed by atoms with van der Waals surface area (Å²) in [6, 6.07) is 0. The van der Waals surface area contributed by atoms with Gasteiger partial charge >= 0.3 is 0 Å². The largest absolute Gasteiger partial charge is 0.427 e. The van der Waals surface area contributed by atoms with Gasteiger partial charge in [-0.3, -0.25) is 0 Å². The fourth-order valence-electron chi connectivity index (χ4n) is 5.76. The van der Waals surface area contributed by atoms with Gasteiger partial charge in [0, 0.05) is 18.3 Å². The van der Waals surface area contributed by atoms with Crippen LogP contribution in [0.15, 0.2) is 0 Å². The molecule has 0 aromatic heterocycles. The smallest absolute Gasteiger partial charge is 0.187 e. The highest BCUT2D eigenvalue weighted by Gasteiger charge is 2.52. The van der Waals surface area contributed by atoms with E-state index in [1.807, 2.05) is 0 Å². The highest BCUT2D eigenvalue weighted by molar-refractivity contribution is 4.95. The van der Waals surface area contributed by atoms with Crippen LogP contribution in [0.3, 0.4) is 0 Å². The van der Waals surface area contributed by atoms with Crippen LogP contribution < -0.4 is 0 Å². The number of hydrogen-bond acceptors (Lipinski definition) is 8. The van der Waals surface area contributed by atoms with E-state index in [0.717, 1.165) is 44.9 Å². The van der Waals surface area contributed by atoms with Crippen molar-refractivity contribution in [2.75, 3.05) is 6.61 Å². The van der Waals surface area contributed by atoms with Gasteiger partial charge in [0.05, 0.1) is 18.8 Å². The zero-order valence-electron chi connectivity index (χ0n) is 17.2. The van der Waals surface area contributed by atoms with E-state index in [2.05, 4.69) is 0 Å². The van der Waals surface area contributed by atoms with Crippen LogP contribution in [0.25, 0.3) is 0 Å². The fraction of sp³-hybridized carbons (Fsp3) is 1.00. The average Bonchev–Trinajstić information content (AvgIpc) is 2.74. The molecule has 0 aromatic rings. The van der Waals surface area contributed by atoms with Crippen molar-refractivity contribution in [1.29, 1.82) is 0 Å². The molecule has 0 amide bonds. The summed E-state index contributed by atoms with van der Waals surface area (Å²) < 4.78 is 16.9. The molecule has 7 N–H and O–H groups in total. The Morgan fingerprint density at radius 3 is 2.13 bits per heavy atom. The first kappa shape index (κ1) is 22.8. The summed E-state index contributed by atoms with van der Waals surface area (Å²) in [6.07, 6.45) is -1.38. The van der Waals surface area contributed by atoms with E-state index < -0.39 is 37.3 Å². The standard InChI is InChI=1S/C21H36O9/c22-9-16-17(25)18(26)19(27)21(30-16)29-15-7-11-3-6-13(24)8-14(11)28-20(15)10-1-4-12(23)5-2-10/h10-27H,1-9H2/p+1. The quantitative estimate of drug-likeness (QED) is 0.295. The summed E-state index contributed by atoms with van der Waals surface area (Å²) in [6.45, 7) is -0.494. The van der Waals surface area contributed by atoms with Crippen LogP contribution in [0.4, 0.5) is 0 Å². The molecule has 9 heteroatoms. The zero-order valence-corrected chi connectivity index (χ0v) is 17.2. The molecular formula is C21H37O9+. The molecule has 2 saturated heterocycles. The van der Waals surface area contributed by atoms with Gasteiger partial charge in [-0.25, -0.2) is 0 Å². The minimum absolute atomic E-state index is 0.0836. The number of aliphatic hydroxyl groups excluding tert-OH is 6. The summed E-state index contributed by atoms with van der Waals surface area (Å²) in [5, 5.41) is 60.0. The van der Waals surface area contributed by atoms with Crippen molar-refractivity contribution >= 4 is 0 Å². The average molecular weight is 434 g/mol. The van der Waals surface area contributed by atoms with Crippen molar-refractivity contribution in [1.82, 2.24) is 0 Å². The molecule has 9 nitrogen and oxygen atoms in total. The first-order valence-corrected chi connectivity index (χ1v) is 11.4. The number of hydrogen-bond donors (Lipinski definition) is 6. The number of ether oxygens (including phenoxy) is 3. The molecule has 4 fully saturated rings. The second-order valence-electron chi connectivity index (χ2n) is 9.61.